The second kappa shape index (κ2) is 8.16. The molecule has 5 nitrogen and oxygen atoms in total. The number of fused-ring (bicyclic) bond motifs is 3. The summed E-state index contributed by atoms with van der Waals surface area (Å²) in [5.74, 6) is 0. The van der Waals surface area contributed by atoms with Crippen LogP contribution >= 0.6 is 0 Å². The Kier molecular flexibility index (Phi) is 5.29. The molecule has 0 amide bonds. The van der Waals surface area contributed by atoms with Crippen molar-refractivity contribution in [2.24, 2.45) is 0 Å². The van der Waals surface area contributed by atoms with Gasteiger partial charge in [0, 0.05) is 24.7 Å². The van der Waals surface area contributed by atoms with Crippen molar-refractivity contribution in [3.63, 3.8) is 0 Å². The molecule has 33 heavy (non-hydrogen) atoms. The van der Waals surface area contributed by atoms with Gasteiger partial charge in [-0.05, 0) is 62.9 Å². The van der Waals surface area contributed by atoms with E-state index in [4.69, 9.17) is 14.8 Å². The summed E-state index contributed by atoms with van der Waals surface area (Å²) in [5, 5.41) is 6.14. The van der Waals surface area contributed by atoms with Gasteiger partial charge in [-0.25, -0.2) is 4.98 Å². The van der Waals surface area contributed by atoms with Crippen LogP contribution in [-0.2, 0) is 17.9 Å². The van der Waals surface area contributed by atoms with E-state index in [0.717, 1.165) is 45.9 Å². The maximum absolute atomic E-state index is 5.56. The molecule has 0 unspecified atom stereocenters. The molecular formula is C28H30N4O. The second-order valence-electron chi connectivity index (χ2n) is 9.04. The minimum Gasteiger partial charge on any atom is -0.378 e. The average Bonchev–Trinajstić information content (AvgIpc) is 3.27. The lowest BCUT2D eigenvalue weighted by molar-refractivity contribution is 0.178. The maximum Gasteiger partial charge on any atom is 0.165 e. The first kappa shape index (κ1) is 21.4. The standard InChI is InChI=1S/C28H30N4O/c1-17-12-18(2)25(19(3)13-17)26-21(5)30-32-27(26)29-20(4)24-14-23(16-33-6)31(28(24)32)15-22-10-8-7-9-11-22/h7-14H,15-16H2,1-6H3. The molecule has 0 fully saturated rings. The average molecular weight is 439 g/mol. The number of methoxy groups -OCH3 is 1. The van der Waals surface area contributed by atoms with Gasteiger partial charge in [-0.3, -0.25) is 0 Å². The Bertz CT molecular complexity index is 1470. The largest absolute Gasteiger partial charge is 0.378 e. The van der Waals surface area contributed by atoms with E-state index in [-0.39, 0.29) is 0 Å². The summed E-state index contributed by atoms with van der Waals surface area (Å²) in [6.45, 7) is 12.0. The van der Waals surface area contributed by atoms with Crippen molar-refractivity contribution in [3.05, 3.63) is 87.9 Å². The molecule has 3 aromatic heterocycles. The van der Waals surface area contributed by atoms with Gasteiger partial charge < -0.3 is 9.30 Å². The molecule has 168 valence electrons. The molecule has 5 aromatic rings. The van der Waals surface area contributed by atoms with E-state index in [1.54, 1.807) is 7.11 Å². The van der Waals surface area contributed by atoms with Crippen LogP contribution in [-0.4, -0.2) is 26.3 Å². The van der Waals surface area contributed by atoms with Crippen LogP contribution in [0.1, 0.15) is 39.3 Å². The highest BCUT2D eigenvalue weighted by atomic mass is 16.5. The minimum absolute atomic E-state index is 0.533. The third-order valence-corrected chi connectivity index (χ3v) is 6.46. The summed E-state index contributed by atoms with van der Waals surface area (Å²) < 4.78 is 9.91. The van der Waals surface area contributed by atoms with Gasteiger partial charge >= 0.3 is 0 Å². The summed E-state index contributed by atoms with van der Waals surface area (Å²) in [7, 11) is 1.74. The highest BCUT2D eigenvalue weighted by Crippen LogP contribution is 2.36. The van der Waals surface area contributed by atoms with Crippen molar-refractivity contribution in [2.75, 3.05) is 7.11 Å². The number of nitrogens with zero attached hydrogens (tertiary/aromatic N) is 4. The smallest absolute Gasteiger partial charge is 0.165 e. The first-order chi connectivity index (χ1) is 15.9. The zero-order valence-electron chi connectivity index (χ0n) is 20.2. The Morgan fingerprint density at radius 1 is 0.848 bits per heavy atom. The Labute approximate surface area is 194 Å². The SMILES string of the molecule is COCc1cc2c(C)nc3c(-c4c(C)cc(C)cc4C)c(C)nn3c2n1Cc1ccccc1. The van der Waals surface area contributed by atoms with Crippen molar-refractivity contribution in [1.82, 2.24) is 19.2 Å². The van der Waals surface area contributed by atoms with Gasteiger partial charge in [0.05, 0.1) is 23.6 Å². The highest BCUT2D eigenvalue weighted by molar-refractivity contribution is 5.90. The number of benzene rings is 2. The van der Waals surface area contributed by atoms with Crippen molar-refractivity contribution in [2.45, 2.75) is 47.8 Å². The number of ether oxygens (including phenoxy) is 1. The van der Waals surface area contributed by atoms with E-state index >= 15 is 0 Å². The molecule has 0 aliphatic heterocycles. The highest BCUT2D eigenvalue weighted by Gasteiger charge is 2.22. The summed E-state index contributed by atoms with van der Waals surface area (Å²) >= 11 is 0. The number of rotatable bonds is 5. The fourth-order valence-corrected chi connectivity index (χ4v) is 5.15. The Hall–Kier alpha value is -3.44. The van der Waals surface area contributed by atoms with E-state index < -0.39 is 0 Å². The minimum atomic E-state index is 0.533. The molecule has 0 radical (unpaired) electrons. The van der Waals surface area contributed by atoms with Gasteiger partial charge in [0.2, 0.25) is 0 Å². The van der Waals surface area contributed by atoms with Gasteiger partial charge in [-0.15, -0.1) is 0 Å². The van der Waals surface area contributed by atoms with Crippen LogP contribution in [0.3, 0.4) is 0 Å². The molecule has 0 aliphatic carbocycles. The van der Waals surface area contributed by atoms with E-state index in [9.17, 15) is 0 Å². The summed E-state index contributed by atoms with van der Waals surface area (Å²) in [6.07, 6.45) is 0. The molecule has 5 heteroatoms. The fraction of sp³-hybridized carbons (Fsp3) is 0.286. The van der Waals surface area contributed by atoms with Crippen LogP contribution in [0.25, 0.3) is 27.8 Å². The van der Waals surface area contributed by atoms with Crippen molar-refractivity contribution in [1.29, 1.82) is 0 Å². The van der Waals surface area contributed by atoms with Crippen molar-refractivity contribution < 1.29 is 4.74 Å². The van der Waals surface area contributed by atoms with E-state index in [0.29, 0.717) is 6.61 Å². The van der Waals surface area contributed by atoms with Gasteiger partial charge in [0.1, 0.15) is 5.65 Å². The molecule has 2 aromatic carbocycles. The summed E-state index contributed by atoms with van der Waals surface area (Å²) in [4.78, 5) is 5.07. The first-order valence-electron chi connectivity index (χ1n) is 11.4. The first-order valence-corrected chi connectivity index (χ1v) is 11.4. The topological polar surface area (TPSA) is 44.4 Å². The Balaban J connectivity index is 1.84. The normalized spacial score (nSPS) is 11.7. The molecule has 0 atom stereocenters. The Morgan fingerprint density at radius 2 is 1.55 bits per heavy atom. The van der Waals surface area contributed by atoms with E-state index in [1.165, 1.54) is 27.8 Å². The van der Waals surface area contributed by atoms with Crippen molar-refractivity contribution >= 4 is 16.7 Å². The fourth-order valence-electron chi connectivity index (χ4n) is 5.15. The monoisotopic (exact) mass is 438 g/mol. The zero-order valence-corrected chi connectivity index (χ0v) is 20.2. The third-order valence-electron chi connectivity index (χ3n) is 6.46. The molecule has 0 saturated carbocycles. The maximum atomic E-state index is 5.56. The van der Waals surface area contributed by atoms with Crippen LogP contribution in [0, 0.1) is 34.6 Å². The summed E-state index contributed by atoms with van der Waals surface area (Å²) in [5.41, 5.74) is 12.5. The number of hydrogen-bond acceptors (Lipinski definition) is 3. The molecule has 0 spiro atoms. The predicted octanol–water partition coefficient (Wildman–Crippen LogP) is 6.09. The lowest BCUT2D eigenvalue weighted by atomic mass is 9.94. The molecule has 0 bridgehead atoms. The molecule has 0 aliphatic rings. The molecule has 0 N–H and O–H groups in total. The van der Waals surface area contributed by atoms with Crippen LogP contribution < -0.4 is 0 Å². The quantitative estimate of drug-likeness (QED) is 0.334. The van der Waals surface area contributed by atoms with Crippen LogP contribution in [0.2, 0.25) is 0 Å². The summed E-state index contributed by atoms with van der Waals surface area (Å²) in [6, 6.07) is 17.2. The molecule has 5 rings (SSSR count). The zero-order chi connectivity index (χ0) is 23.3. The lowest BCUT2D eigenvalue weighted by Crippen LogP contribution is -2.08. The van der Waals surface area contributed by atoms with Crippen LogP contribution in [0.4, 0.5) is 0 Å². The van der Waals surface area contributed by atoms with Gasteiger partial charge in [0.15, 0.2) is 5.65 Å². The van der Waals surface area contributed by atoms with Gasteiger partial charge in [-0.2, -0.15) is 9.61 Å². The van der Waals surface area contributed by atoms with Crippen LogP contribution in [0.5, 0.6) is 0 Å². The number of aromatic nitrogens is 4. The van der Waals surface area contributed by atoms with Gasteiger partial charge in [-0.1, -0.05) is 48.0 Å². The lowest BCUT2D eigenvalue weighted by Gasteiger charge is -2.13. The second-order valence-corrected chi connectivity index (χ2v) is 9.04. The Morgan fingerprint density at radius 3 is 2.21 bits per heavy atom. The number of aryl methyl sites for hydroxylation is 5. The molecular weight excluding hydrogens is 408 g/mol. The van der Waals surface area contributed by atoms with Crippen LogP contribution in [0.15, 0.2) is 48.5 Å². The number of hydrogen-bond donors (Lipinski definition) is 0. The van der Waals surface area contributed by atoms with Crippen molar-refractivity contribution in [3.8, 4) is 11.1 Å². The van der Waals surface area contributed by atoms with Gasteiger partial charge in [0.25, 0.3) is 0 Å². The molecule has 3 heterocycles. The van der Waals surface area contributed by atoms with E-state index in [1.807, 2.05) is 4.52 Å². The molecule has 0 saturated heterocycles. The third kappa shape index (κ3) is 3.53. The van der Waals surface area contributed by atoms with E-state index in [2.05, 4.69) is 87.7 Å². The predicted molar refractivity (Wildman–Crippen MR) is 134 cm³/mol.